The monoisotopic (exact) mass is 657 g/mol. The molecule has 6 aromatic carbocycles. The smallest absolute Gasteiger partial charge is 0.160 e. The third kappa shape index (κ3) is 4.71. The van der Waals surface area contributed by atoms with Crippen LogP contribution in [0.5, 0.6) is 0 Å². The summed E-state index contributed by atoms with van der Waals surface area (Å²) < 4.78 is 9.35. The topological polar surface area (TPSA) is 51.8 Å². The van der Waals surface area contributed by atoms with E-state index in [0.717, 1.165) is 66.7 Å². The molecule has 5 heteroatoms. The molecule has 0 spiro atoms. The maximum Gasteiger partial charge on any atom is 0.160 e. The molecule has 0 bridgehead atoms. The predicted molar refractivity (Wildman–Crippen MR) is 207 cm³/mol. The highest BCUT2D eigenvalue weighted by Crippen LogP contribution is 2.46. The van der Waals surface area contributed by atoms with Crippen LogP contribution in [0.4, 0.5) is 0 Å². The Morgan fingerprint density at radius 3 is 2.02 bits per heavy atom. The van der Waals surface area contributed by atoms with Gasteiger partial charge in [0.2, 0.25) is 0 Å². The molecule has 10 rings (SSSR count). The minimum Gasteiger partial charge on any atom is -0.455 e. The highest BCUT2D eigenvalue weighted by atomic mass is 32.1. The zero-order valence-electron chi connectivity index (χ0n) is 26.7. The zero-order valence-corrected chi connectivity index (χ0v) is 27.6. The Morgan fingerprint density at radius 1 is 0.440 bits per heavy atom. The molecule has 0 saturated heterocycles. The van der Waals surface area contributed by atoms with Gasteiger partial charge < -0.3 is 4.42 Å². The van der Waals surface area contributed by atoms with E-state index >= 15 is 0 Å². The van der Waals surface area contributed by atoms with Crippen molar-refractivity contribution in [2.45, 2.75) is 0 Å². The molecular formula is C45H27N3OS. The quantitative estimate of drug-likeness (QED) is 0.185. The summed E-state index contributed by atoms with van der Waals surface area (Å²) in [6.45, 7) is 0. The van der Waals surface area contributed by atoms with E-state index in [9.17, 15) is 0 Å². The first-order valence-corrected chi connectivity index (χ1v) is 17.4. The third-order valence-corrected chi connectivity index (χ3v) is 10.6. The van der Waals surface area contributed by atoms with Crippen molar-refractivity contribution in [3.8, 4) is 56.2 Å². The number of pyridine rings is 1. The average Bonchev–Trinajstić information content (AvgIpc) is 3.77. The average molecular weight is 658 g/mol. The molecule has 50 heavy (non-hydrogen) atoms. The maximum absolute atomic E-state index is 6.79. The number of hydrogen-bond donors (Lipinski definition) is 0. The third-order valence-electron chi connectivity index (χ3n) is 9.42. The number of aromatic nitrogens is 3. The van der Waals surface area contributed by atoms with Crippen LogP contribution in [0.3, 0.4) is 0 Å². The lowest BCUT2D eigenvalue weighted by Crippen LogP contribution is -1.96. The van der Waals surface area contributed by atoms with Crippen LogP contribution in [-0.2, 0) is 0 Å². The molecule has 0 aliphatic heterocycles. The second-order valence-corrected chi connectivity index (χ2v) is 13.5. The van der Waals surface area contributed by atoms with Gasteiger partial charge in [0.05, 0.1) is 11.4 Å². The van der Waals surface area contributed by atoms with Crippen molar-refractivity contribution in [3.63, 3.8) is 0 Å². The first-order valence-electron chi connectivity index (χ1n) is 16.6. The van der Waals surface area contributed by atoms with Gasteiger partial charge in [-0.15, -0.1) is 11.3 Å². The molecule has 0 saturated carbocycles. The summed E-state index contributed by atoms with van der Waals surface area (Å²) in [7, 11) is 0. The molecule has 0 amide bonds. The summed E-state index contributed by atoms with van der Waals surface area (Å²) in [6, 6.07) is 52.9. The molecule has 0 radical (unpaired) electrons. The first kappa shape index (κ1) is 28.6. The Labute approximate surface area is 292 Å². The number of fused-ring (bicyclic) bond motifs is 6. The van der Waals surface area contributed by atoms with Crippen LogP contribution >= 0.6 is 11.3 Å². The fourth-order valence-corrected chi connectivity index (χ4v) is 8.24. The van der Waals surface area contributed by atoms with Crippen LogP contribution in [0.25, 0.3) is 98.3 Å². The molecule has 4 nitrogen and oxygen atoms in total. The van der Waals surface area contributed by atoms with Gasteiger partial charge in [0.15, 0.2) is 5.82 Å². The fraction of sp³-hybridized carbons (Fsp3) is 0. The predicted octanol–water partition coefficient (Wildman–Crippen LogP) is 12.5. The van der Waals surface area contributed by atoms with Gasteiger partial charge in [0, 0.05) is 60.0 Å². The van der Waals surface area contributed by atoms with Crippen molar-refractivity contribution in [3.05, 3.63) is 164 Å². The van der Waals surface area contributed by atoms with Gasteiger partial charge in [-0.05, 0) is 70.8 Å². The summed E-state index contributed by atoms with van der Waals surface area (Å²) in [5.74, 6) is 0.662. The van der Waals surface area contributed by atoms with Gasteiger partial charge in [0.1, 0.15) is 11.2 Å². The lowest BCUT2D eigenvalue weighted by molar-refractivity contribution is 0.670. The zero-order chi connectivity index (χ0) is 33.0. The first-order chi connectivity index (χ1) is 24.8. The van der Waals surface area contributed by atoms with E-state index in [0.29, 0.717) is 5.82 Å². The molecule has 0 unspecified atom stereocenters. The summed E-state index contributed by atoms with van der Waals surface area (Å²) in [5, 5.41) is 4.72. The van der Waals surface area contributed by atoms with Gasteiger partial charge >= 0.3 is 0 Å². The molecule has 234 valence electrons. The van der Waals surface area contributed by atoms with Crippen molar-refractivity contribution in [1.82, 2.24) is 15.0 Å². The number of benzene rings is 6. The molecule has 4 aromatic heterocycles. The Bertz CT molecular complexity index is 2870. The lowest BCUT2D eigenvalue weighted by Gasteiger charge is -2.12. The van der Waals surface area contributed by atoms with Crippen LogP contribution in [0, 0.1) is 0 Å². The standard InChI is InChI=1S/C45H27N3OS/c1-2-10-29(11-3-1)45-47-37(31-13-8-12-30(26-31)28-22-24-46-25-23-28)27-38(48-45)34-21-20-33(43-35-14-4-6-17-39(35)49-44(34)43)32-16-9-19-41-42(32)36-15-5-7-18-40(36)50-41/h1-27H. The molecular weight excluding hydrogens is 631 g/mol. The molecule has 0 N–H and O–H groups in total. The molecule has 0 aliphatic rings. The van der Waals surface area contributed by atoms with Crippen LogP contribution in [0.2, 0.25) is 0 Å². The van der Waals surface area contributed by atoms with Gasteiger partial charge in [0.25, 0.3) is 0 Å². The second kappa shape index (κ2) is 11.6. The minimum atomic E-state index is 0.662. The number of furan rings is 1. The van der Waals surface area contributed by atoms with Crippen molar-refractivity contribution >= 4 is 53.4 Å². The van der Waals surface area contributed by atoms with Crippen molar-refractivity contribution < 1.29 is 4.42 Å². The van der Waals surface area contributed by atoms with E-state index in [4.69, 9.17) is 14.4 Å². The fourth-order valence-electron chi connectivity index (χ4n) is 7.11. The van der Waals surface area contributed by atoms with Crippen LogP contribution in [-0.4, -0.2) is 15.0 Å². The normalized spacial score (nSPS) is 11.6. The van der Waals surface area contributed by atoms with E-state index in [1.54, 1.807) is 0 Å². The lowest BCUT2D eigenvalue weighted by atomic mass is 9.93. The Morgan fingerprint density at radius 2 is 1.12 bits per heavy atom. The second-order valence-electron chi connectivity index (χ2n) is 12.4. The minimum absolute atomic E-state index is 0.662. The van der Waals surface area contributed by atoms with Gasteiger partial charge in [-0.25, -0.2) is 9.97 Å². The summed E-state index contributed by atoms with van der Waals surface area (Å²) in [5.41, 5.74) is 10.7. The Kier molecular flexibility index (Phi) is 6.64. The molecule has 0 fully saturated rings. The number of para-hydroxylation sites is 1. The number of rotatable bonds is 5. The van der Waals surface area contributed by atoms with Gasteiger partial charge in [-0.1, -0.05) is 103 Å². The highest BCUT2D eigenvalue weighted by Gasteiger charge is 2.21. The van der Waals surface area contributed by atoms with E-state index in [2.05, 4.69) is 120 Å². The summed E-state index contributed by atoms with van der Waals surface area (Å²) in [6.07, 6.45) is 3.64. The van der Waals surface area contributed by atoms with E-state index in [1.807, 2.05) is 60.1 Å². The summed E-state index contributed by atoms with van der Waals surface area (Å²) >= 11 is 1.84. The van der Waals surface area contributed by atoms with E-state index in [1.165, 1.54) is 25.7 Å². The van der Waals surface area contributed by atoms with Crippen LogP contribution in [0.1, 0.15) is 0 Å². The Balaban J connectivity index is 1.23. The highest BCUT2D eigenvalue weighted by molar-refractivity contribution is 7.25. The van der Waals surface area contributed by atoms with E-state index in [-0.39, 0.29) is 0 Å². The van der Waals surface area contributed by atoms with Crippen molar-refractivity contribution in [2.75, 3.05) is 0 Å². The number of thiophene rings is 1. The Hall–Kier alpha value is -6.43. The molecule has 4 heterocycles. The van der Waals surface area contributed by atoms with Crippen molar-refractivity contribution in [2.24, 2.45) is 0 Å². The van der Waals surface area contributed by atoms with Crippen LogP contribution in [0.15, 0.2) is 168 Å². The van der Waals surface area contributed by atoms with Crippen molar-refractivity contribution in [1.29, 1.82) is 0 Å². The molecule has 10 aromatic rings. The largest absolute Gasteiger partial charge is 0.455 e. The van der Waals surface area contributed by atoms with Gasteiger partial charge in [-0.2, -0.15) is 0 Å². The molecule has 0 atom stereocenters. The number of hydrogen-bond acceptors (Lipinski definition) is 5. The van der Waals surface area contributed by atoms with Gasteiger partial charge in [-0.3, -0.25) is 4.98 Å². The molecule has 0 aliphatic carbocycles. The maximum atomic E-state index is 6.79. The summed E-state index contributed by atoms with van der Waals surface area (Å²) in [4.78, 5) is 14.5. The SMILES string of the molecule is c1ccc(-c2nc(-c3cccc(-c4ccncc4)c3)cc(-c3ccc(-c4cccc5sc6ccccc6c45)c4c3oc3ccccc34)n2)cc1. The van der Waals surface area contributed by atoms with Crippen LogP contribution < -0.4 is 0 Å². The number of nitrogens with zero attached hydrogens (tertiary/aromatic N) is 3. The van der Waals surface area contributed by atoms with E-state index < -0.39 is 0 Å².